The lowest BCUT2D eigenvalue weighted by Crippen LogP contribution is -2.29. The second-order valence-electron chi connectivity index (χ2n) is 16.8. The van der Waals surface area contributed by atoms with Gasteiger partial charge in [-0.2, -0.15) is 0 Å². The lowest BCUT2D eigenvalue weighted by atomic mass is 10.0. The molecule has 0 spiro atoms. The summed E-state index contributed by atoms with van der Waals surface area (Å²) in [6, 6.07) is 0. The zero-order chi connectivity index (χ0) is 41.1. The third-order valence-corrected chi connectivity index (χ3v) is 11.6. The monoisotopic (exact) mass is 817 g/mol. The van der Waals surface area contributed by atoms with Gasteiger partial charge in [0.05, 0.1) is 6.61 Å². The molecule has 8 nitrogen and oxygen atoms in total. The van der Waals surface area contributed by atoms with E-state index < -0.39 is 32.5 Å². The van der Waals surface area contributed by atoms with Crippen LogP contribution in [0.25, 0.3) is 0 Å². The Bertz CT molecular complexity index is 878. The number of phosphoric acid groups is 1. The van der Waals surface area contributed by atoms with Crippen LogP contribution in [0.3, 0.4) is 0 Å². The maximum Gasteiger partial charge on any atom is 0.469 e. The van der Waals surface area contributed by atoms with Crippen molar-refractivity contribution in [2.75, 3.05) is 13.2 Å². The number of carbonyl (C=O) groups is 2. The highest BCUT2D eigenvalue weighted by Crippen LogP contribution is 2.36. The van der Waals surface area contributed by atoms with Crippen molar-refractivity contribution in [3.63, 3.8) is 0 Å². The molecule has 0 radical (unpaired) electrons. The minimum Gasteiger partial charge on any atom is -0.462 e. The van der Waals surface area contributed by atoms with Gasteiger partial charge in [-0.05, 0) is 12.8 Å². The molecular formula is C47H93O8P. The molecule has 56 heavy (non-hydrogen) atoms. The smallest absolute Gasteiger partial charge is 0.462 e. The standard InChI is InChI=1S/C47H93O8P/c1-3-5-7-9-11-13-15-17-19-21-23-24-26-28-30-32-34-36-38-40-42-47(49)55-45(44-54-56(50,51)52)43-53-46(48)41-39-37-35-33-31-29-27-25-22-20-18-16-14-12-10-8-6-4-2/h45H,3-44H2,1-2H3,(H2,50,51,52)/t45-/m1/s1. The fourth-order valence-electron chi connectivity index (χ4n) is 7.49. The van der Waals surface area contributed by atoms with Gasteiger partial charge < -0.3 is 19.3 Å². The molecule has 0 bridgehead atoms. The third-order valence-electron chi connectivity index (χ3n) is 11.1. The Hall–Kier alpha value is -0.950. The molecule has 0 fully saturated rings. The molecular weight excluding hydrogens is 723 g/mol. The summed E-state index contributed by atoms with van der Waals surface area (Å²) >= 11 is 0. The van der Waals surface area contributed by atoms with Crippen molar-refractivity contribution in [3.05, 3.63) is 0 Å². The Kier molecular flexibility index (Phi) is 42.9. The van der Waals surface area contributed by atoms with E-state index in [2.05, 4.69) is 18.4 Å². The summed E-state index contributed by atoms with van der Waals surface area (Å²) in [6.45, 7) is 3.75. The molecule has 0 aliphatic rings. The molecule has 0 aromatic heterocycles. The molecule has 0 heterocycles. The van der Waals surface area contributed by atoms with Crippen molar-refractivity contribution < 1.29 is 37.9 Å². The van der Waals surface area contributed by atoms with Gasteiger partial charge in [-0.3, -0.25) is 14.1 Å². The van der Waals surface area contributed by atoms with Crippen LogP contribution in [0, 0.1) is 0 Å². The molecule has 1 atom stereocenters. The summed E-state index contributed by atoms with van der Waals surface area (Å²) in [5.41, 5.74) is 0. The summed E-state index contributed by atoms with van der Waals surface area (Å²) in [7, 11) is -4.75. The Morgan fingerprint density at radius 3 is 0.911 bits per heavy atom. The zero-order valence-corrected chi connectivity index (χ0v) is 38.0. The number of carbonyl (C=O) groups excluding carboxylic acids is 2. The van der Waals surface area contributed by atoms with Crippen LogP contribution < -0.4 is 0 Å². The first-order valence-corrected chi connectivity index (χ1v) is 25.9. The van der Waals surface area contributed by atoms with Crippen molar-refractivity contribution in [3.8, 4) is 0 Å². The van der Waals surface area contributed by atoms with Gasteiger partial charge in [0, 0.05) is 12.8 Å². The van der Waals surface area contributed by atoms with E-state index >= 15 is 0 Å². The molecule has 2 N–H and O–H groups in total. The van der Waals surface area contributed by atoms with Gasteiger partial charge in [-0.25, -0.2) is 4.57 Å². The second kappa shape index (κ2) is 43.6. The largest absolute Gasteiger partial charge is 0.469 e. The van der Waals surface area contributed by atoms with Gasteiger partial charge >= 0.3 is 19.8 Å². The third kappa shape index (κ3) is 45.7. The second-order valence-corrected chi connectivity index (χ2v) is 18.0. The van der Waals surface area contributed by atoms with E-state index in [0.717, 1.165) is 32.1 Å². The normalized spacial score (nSPS) is 12.3. The highest BCUT2D eigenvalue weighted by atomic mass is 31.2. The van der Waals surface area contributed by atoms with Crippen LogP contribution in [-0.4, -0.2) is 41.0 Å². The number of rotatable bonds is 46. The number of hydrogen-bond acceptors (Lipinski definition) is 6. The molecule has 0 aliphatic heterocycles. The molecule has 9 heteroatoms. The van der Waals surface area contributed by atoms with Crippen LogP contribution in [0.15, 0.2) is 0 Å². The van der Waals surface area contributed by atoms with E-state index in [-0.39, 0.29) is 19.4 Å². The first-order chi connectivity index (χ1) is 27.3. The Balaban J connectivity index is 3.78. The number of esters is 2. The van der Waals surface area contributed by atoms with Gasteiger partial charge in [0.2, 0.25) is 0 Å². The minimum absolute atomic E-state index is 0.221. The van der Waals surface area contributed by atoms with E-state index in [1.165, 1.54) is 205 Å². The predicted octanol–water partition coefficient (Wildman–Crippen LogP) is 15.2. The number of phosphoric ester groups is 1. The Labute approximate surface area is 346 Å². The maximum atomic E-state index is 12.5. The van der Waals surface area contributed by atoms with Crippen molar-refractivity contribution in [2.24, 2.45) is 0 Å². The van der Waals surface area contributed by atoms with Gasteiger partial charge in [-0.1, -0.05) is 245 Å². The Morgan fingerprint density at radius 2 is 0.643 bits per heavy atom. The van der Waals surface area contributed by atoms with Crippen molar-refractivity contribution in [2.45, 2.75) is 277 Å². The van der Waals surface area contributed by atoms with Crippen molar-refractivity contribution in [1.29, 1.82) is 0 Å². The van der Waals surface area contributed by atoms with Crippen LogP contribution in [0.5, 0.6) is 0 Å². The number of hydrogen-bond donors (Lipinski definition) is 2. The van der Waals surface area contributed by atoms with E-state index in [4.69, 9.17) is 19.3 Å². The average molecular weight is 817 g/mol. The van der Waals surface area contributed by atoms with Crippen molar-refractivity contribution in [1.82, 2.24) is 0 Å². The van der Waals surface area contributed by atoms with Gasteiger partial charge in [0.15, 0.2) is 6.10 Å². The number of unbranched alkanes of at least 4 members (excludes halogenated alkanes) is 36. The molecule has 0 rings (SSSR count). The minimum atomic E-state index is -4.75. The highest BCUT2D eigenvalue weighted by molar-refractivity contribution is 7.46. The van der Waals surface area contributed by atoms with E-state index in [9.17, 15) is 14.2 Å². The quantitative estimate of drug-likeness (QED) is 0.0354. The molecule has 0 amide bonds. The lowest BCUT2D eigenvalue weighted by molar-refractivity contribution is -0.161. The van der Waals surface area contributed by atoms with Gasteiger partial charge in [-0.15, -0.1) is 0 Å². The first kappa shape index (κ1) is 55.0. The van der Waals surface area contributed by atoms with E-state index in [1.54, 1.807) is 0 Å². The molecule has 0 aliphatic carbocycles. The summed E-state index contributed by atoms with van der Waals surface area (Å²) in [5.74, 6) is -0.862. The fourth-order valence-corrected chi connectivity index (χ4v) is 7.86. The molecule has 334 valence electrons. The molecule has 0 aromatic carbocycles. The van der Waals surface area contributed by atoms with Crippen LogP contribution >= 0.6 is 7.82 Å². The Morgan fingerprint density at radius 1 is 0.393 bits per heavy atom. The molecule has 0 saturated carbocycles. The van der Waals surface area contributed by atoms with E-state index in [1.807, 2.05) is 0 Å². The van der Waals surface area contributed by atoms with E-state index in [0.29, 0.717) is 6.42 Å². The van der Waals surface area contributed by atoms with Crippen LogP contribution in [0.2, 0.25) is 0 Å². The summed E-state index contributed by atoms with van der Waals surface area (Å²) in [5, 5.41) is 0. The number of ether oxygens (including phenoxy) is 2. The van der Waals surface area contributed by atoms with Crippen LogP contribution in [0.4, 0.5) is 0 Å². The lowest BCUT2D eigenvalue weighted by Gasteiger charge is -2.18. The van der Waals surface area contributed by atoms with Gasteiger partial charge in [0.25, 0.3) is 0 Å². The molecule has 0 unspecified atom stereocenters. The highest BCUT2D eigenvalue weighted by Gasteiger charge is 2.23. The summed E-state index contributed by atoms with van der Waals surface area (Å²) < 4.78 is 26.5. The first-order valence-electron chi connectivity index (χ1n) is 24.3. The van der Waals surface area contributed by atoms with Gasteiger partial charge in [0.1, 0.15) is 6.61 Å². The summed E-state index contributed by atoms with van der Waals surface area (Å²) in [4.78, 5) is 43.0. The fraction of sp³-hybridized carbons (Fsp3) is 0.957. The SMILES string of the molecule is CCCCCCCCCCCCCCCCCCCCCCC(=O)O[C@H](COC(=O)CCCCCCCCCCCCCCCCCCCC)COP(=O)(O)O. The van der Waals surface area contributed by atoms with Crippen molar-refractivity contribution >= 4 is 19.8 Å². The molecule has 0 aromatic rings. The summed E-state index contributed by atoms with van der Waals surface area (Å²) in [6.07, 6.45) is 48.3. The molecule has 0 saturated heterocycles. The van der Waals surface area contributed by atoms with Crippen LogP contribution in [0.1, 0.15) is 271 Å². The average Bonchev–Trinajstić information content (AvgIpc) is 3.17. The van der Waals surface area contributed by atoms with Crippen LogP contribution in [-0.2, 0) is 28.2 Å². The topological polar surface area (TPSA) is 119 Å². The zero-order valence-electron chi connectivity index (χ0n) is 37.1. The maximum absolute atomic E-state index is 12.5. The predicted molar refractivity (Wildman–Crippen MR) is 235 cm³/mol.